The molecule has 7 heteroatoms. The van der Waals surface area contributed by atoms with E-state index in [4.69, 9.17) is 9.47 Å². The van der Waals surface area contributed by atoms with Gasteiger partial charge in [-0.25, -0.2) is 9.59 Å². The average Bonchev–Trinajstić information content (AvgIpc) is 3.08. The van der Waals surface area contributed by atoms with Gasteiger partial charge < -0.3 is 14.5 Å². The van der Waals surface area contributed by atoms with E-state index < -0.39 is 24.3 Å². The summed E-state index contributed by atoms with van der Waals surface area (Å²) in [7, 11) is 0. The third-order valence-corrected chi connectivity index (χ3v) is 4.45. The predicted molar refractivity (Wildman–Crippen MR) is 89.9 cm³/mol. The summed E-state index contributed by atoms with van der Waals surface area (Å²) in [6, 6.07) is 3.48. The Kier molecular flexibility index (Phi) is 5.56. The zero-order chi connectivity index (χ0) is 17.9. The normalized spacial score (nSPS) is 10.5. The van der Waals surface area contributed by atoms with Gasteiger partial charge in [0.2, 0.25) is 5.78 Å². The number of ketones is 1. The van der Waals surface area contributed by atoms with Crippen molar-refractivity contribution in [1.29, 1.82) is 0 Å². The summed E-state index contributed by atoms with van der Waals surface area (Å²) < 4.78 is 10.0. The van der Waals surface area contributed by atoms with E-state index in [9.17, 15) is 14.4 Å². The number of thiophene rings is 1. The molecule has 2 aromatic rings. The van der Waals surface area contributed by atoms with Gasteiger partial charge >= 0.3 is 11.9 Å². The van der Waals surface area contributed by atoms with Crippen molar-refractivity contribution in [3.8, 4) is 0 Å². The highest BCUT2D eigenvalue weighted by Crippen LogP contribution is 2.20. The van der Waals surface area contributed by atoms with Gasteiger partial charge in [-0.05, 0) is 45.4 Å². The molecule has 0 aliphatic heterocycles. The molecule has 2 heterocycles. The van der Waals surface area contributed by atoms with Crippen LogP contribution in [0, 0.1) is 20.8 Å². The minimum absolute atomic E-state index is 0.254. The van der Waals surface area contributed by atoms with E-state index in [2.05, 4.69) is 4.98 Å². The van der Waals surface area contributed by atoms with E-state index in [1.165, 1.54) is 11.3 Å². The number of hydrogen-bond acceptors (Lipinski definition) is 6. The molecule has 2 rings (SSSR count). The fraction of sp³-hybridized carbons (Fsp3) is 0.353. The Morgan fingerprint density at radius 3 is 2.38 bits per heavy atom. The van der Waals surface area contributed by atoms with Crippen LogP contribution in [-0.4, -0.2) is 35.9 Å². The van der Waals surface area contributed by atoms with Crippen molar-refractivity contribution in [3.05, 3.63) is 44.4 Å². The molecule has 0 aliphatic rings. The molecule has 2 aromatic heterocycles. The van der Waals surface area contributed by atoms with Crippen LogP contribution < -0.4 is 0 Å². The summed E-state index contributed by atoms with van der Waals surface area (Å²) in [5.41, 5.74) is 1.65. The molecule has 0 saturated carbocycles. The maximum absolute atomic E-state index is 12.3. The van der Waals surface area contributed by atoms with Crippen LogP contribution in [0.15, 0.2) is 12.1 Å². The van der Waals surface area contributed by atoms with Gasteiger partial charge in [-0.3, -0.25) is 4.79 Å². The summed E-state index contributed by atoms with van der Waals surface area (Å²) in [6.45, 7) is 6.81. The van der Waals surface area contributed by atoms with Gasteiger partial charge in [0.25, 0.3) is 0 Å². The minimum Gasteiger partial charge on any atom is -0.462 e. The second-order valence-electron chi connectivity index (χ2n) is 5.26. The lowest BCUT2D eigenvalue weighted by Crippen LogP contribution is -2.15. The monoisotopic (exact) mass is 349 g/mol. The Morgan fingerprint density at radius 2 is 1.79 bits per heavy atom. The molecule has 24 heavy (non-hydrogen) atoms. The van der Waals surface area contributed by atoms with Gasteiger partial charge in [0.1, 0.15) is 4.88 Å². The molecule has 0 aromatic carbocycles. The Labute approximate surface area is 143 Å². The van der Waals surface area contributed by atoms with E-state index in [1.807, 2.05) is 13.0 Å². The van der Waals surface area contributed by atoms with Crippen molar-refractivity contribution in [2.75, 3.05) is 13.2 Å². The molecule has 0 bridgehead atoms. The van der Waals surface area contributed by atoms with Crippen molar-refractivity contribution in [2.24, 2.45) is 0 Å². The van der Waals surface area contributed by atoms with Gasteiger partial charge in [0, 0.05) is 10.6 Å². The first-order chi connectivity index (χ1) is 11.3. The fourth-order valence-corrected chi connectivity index (χ4v) is 3.12. The second-order valence-corrected chi connectivity index (χ2v) is 6.54. The molecule has 0 spiro atoms. The van der Waals surface area contributed by atoms with Crippen molar-refractivity contribution in [2.45, 2.75) is 27.7 Å². The lowest BCUT2D eigenvalue weighted by atomic mass is 10.1. The number of carbonyl (C=O) groups is 3. The Hall–Kier alpha value is -2.41. The molecule has 0 aliphatic carbocycles. The van der Waals surface area contributed by atoms with E-state index >= 15 is 0 Å². The molecule has 0 unspecified atom stereocenters. The maximum Gasteiger partial charge on any atom is 0.348 e. The quantitative estimate of drug-likeness (QED) is 0.639. The number of carbonyl (C=O) groups excluding carboxylic acids is 3. The zero-order valence-electron chi connectivity index (χ0n) is 14.0. The third kappa shape index (κ3) is 3.73. The molecular formula is C17H19NO5S. The topological polar surface area (TPSA) is 85.5 Å². The lowest BCUT2D eigenvalue weighted by Gasteiger charge is -2.04. The van der Waals surface area contributed by atoms with Crippen LogP contribution in [0.4, 0.5) is 0 Å². The zero-order valence-corrected chi connectivity index (χ0v) is 14.8. The number of nitrogens with one attached hydrogen (secondary N) is 1. The number of aromatic amines is 1. The highest BCUT2D eigenvalue weighted by molar-refractivity contribution is 7.13. The molecular weight excluding hydrogens is 330 g/mol. The first-order valence-electron chi connectivity index (χ1n) is 7.48. The Balaban J connectivity index is 2.09. The van der Waals surface area contributed by atoms with Gasteiger partial charge in [0.15, 0.2) is 6.61 Å². The second kappa shape index (κ2) is 7.44. The van der Waals surface area contributed by atoms with E-state index in [0.29, 0.717) is 21.7 Å². The summed E-state index contributed by atoms with van der Waals surface area (Å²) in [5, 5.41) is 0. The molecule has 0 fully saturated rings. The van der Waals surface area contributed by atoms with Crippen molar-refractivity contribution < 1.29 is 23.9 Å². The Bertz CT molecular complexity index is 787. The molecule has 0 atom stereocenters. The van der Waals surface area contributed by atoms with Crippen LogP contribution in [0.25, 0.3) is 0 Å². The summed E-state index contributed by atoms with van der Waals surface area (Å²) >= 11 is 1.31. The van der Waals surface area contributed by atoms with Crippen LogP contribution in [0.5, 0.6) is 0 Å². The summed E-state index contributed by atoms with van der Waals surface area (Å²) in [4.78, 5) is 40.4. The molecule has 1 N–H and O–H groups in total. The van der Waals surface area contributed by atoms with E-state index in [-0.39, 0.29) is 12.3 Å². The van der Waals surface area contributed by atoms with Gasteiger partial charge in [-0.1, -0.05) is 0 Å². The smallest absolute Gasteiger partial charge is 0.348 e. The molecule has 0 amide bonds. The maximum atomic E-state index is 12.3. The largest absolute Gasteiger partial charge is 0.462 e. The fourth-order valence-electron chi connectivity index (χ4n) is 2.36. The van der Waals surface area contributed by atoms with Gasteiger partial charge in [-0.2, -0.15) is 0 Å². The van der Waals surface area contributed by atoms with Crippen LogP contribution >= 0.6 is 11.3 Å². The van der Waals surface area contributed by atoms with Crippen LogP contribution in [0.1, 0.15) is 53.6 Å². The van der Waals surface area contributed by atoms with Crippen molar-refractivity contribution in [1.82, 2.24) is 4.98 Å². The number of H-pyrrole nitrogens is 1. The standard InChI is InChI=1S/C17H19NO5S/c1-5-22-17(21)14-10(3)15(18-11(14)4)12(19)8-23-16(20)13-7-6-9(2)24-13/h6-7,18H,5,8H2,1-4H3. The summed E-state index contributed by atoms with van der Waals surface area (Å²) in [5.74, 6) is -1.41. The molecule has 6 nitrogen and oxygen atoms in total. The SMILES string of the molecule is CCOC(=O)c1c(C)[nH]c(C(=O)COC(=O)c2ccc(C)s2)c1C. The Morgan fingerprint density at radius 1 is 1.08 bits per heavy atom. The number of esters is 2. The number of Topliss-reactive ketones (excluding diaryl/α,β-unsaturated/α-hetero) is 1. The average molecular weight is 349 g/mol. The lowest BCUT2D eigenvalue weighted by molar-refractivity contribution is 0.0477. The number of hydrogen-bond donors (Lipinski definition) is 1. The van der Waals surface area contributed by atoms with Gasteiger partial charge in [-0.15, -0.1) is 11.3 Å². The first-order valence-corrected chi connectivity index (χ1v) is 8.29. The van der Waals surface area contributed by atoms with Crippen molar-refractivity contribution in [3.63, 3.8) is 0 Å². The highest BCUT2D eigenvalue weighted by Gasteiger charge is 2.23. The molecule has 0 saturated heterocycles. The third-order valence-electron chi connectivity index (χ3n) is 3.47. The van der Waals surface area contributed by atoms with Crippen molar-refractivity contribution >= 4 is 29.1 Å². The summed E-state index contributed by atoms with van der Waals surface area (Å²) in [6.07, 6.45) is 0. The molecule has 128 valence electrons. The van der Waals surface area contributed by atoms with Crippen LogP contribution in [-0.2, 0) is 9.47 Å². The minimum atomic E-state index is -0.534. The first kappa shape index (κ1) is 17.9. The number of aromatic nitrogens is 1. The number of ether oxygens (including phenoxy) is 2. The predicted octanol–water partition coefficient (Wildman–Crippen LogP) is 3.22. The van der Waals surface area contributed by atoms with Crippen LogP contribution in [0.3, 0.4) is 0 Å². The number of aryl methyl sites for hydroxylation is 2. The van der Waals surface area contributed by atoms with E-state index in [0.717, 1.165) is 4.88 Å². The number of rotatable bonds is 6. The van der Waals surface area contributed by atoms with E-state index in [1.54, 1.807) is 26.8 Å². The highest BCUT2D eigenvalue weighted by atomic mass is 32.1. The molecule has 0 radical (unpaired) electrons. The van der Waals surface area contributed by atoms with Crippen LogP contribution in [0.2, 0.25) is 0 Å². The van der Waals surface area contributed by atoms with Gasteiger partial charge in [0.05, 0.1) is 17.9 Å².